The second kappa shape index (κ2) is 12.1. The summed E-state index contributed by atoms with van der Waals surface area (Å²) in [4.78, 5) is 27.9. The molecule has 2 aromatic rings. The Morgan fingerprint density at radius 3 is 2.28 bits per heavy atom. The van der Waals surface area contributed by atoms with Crippen molar-refractivity contribution >= 4 is 11.8 Å². The maximum absolute atomic E-state index is 13.3. The fraction of sp³-hybridized carbons (Fsp3) is 0.462. The van der Waals surface area contributed by atoms with Crippen LogP contribution in [0, 0.1) is 13.8 Å². The number of hydrogen-bond acceptors (Lipinski definition) is 4. The summed E-state index contributed by atoms with van der Waals surface area (Å²) < 4.78 is 11.1. The van der Waals surface area contributed by atoms with Crippen LogP contribution in [0.1, 0.15) is 50.3 Å². The molecule has 0 unspecified atom stereocenters. The number of benzene rings is 2. The minimum Gasteiger partial charge on any atom is -0.497 e. The molecule has 0 fully saturated rings. The van der Waals surface area contributed by atoms with E-state index in [1.165, 1.54) is 0 Å². The summed E-state index contributed by atoms with van der Waals surface area (Å²) in [7, 11) is 1.61. The van der Waals surface area contributed by atoms with Crippen molar-refractivity contribution in [3.63, 3.8) is 0 Å². The van der Waals surface area contributed by atoms with Gasteiger partial charge in [0.25, 0.3) is 5.91 Å². The highest BCUT2D eigenvalue weighted by atomic mass is 16.5. The van der Waals surface area contributed by atoms with Crippen LogP contribution in [0.2, 0.25) is 0 Å². The second-order valence-electron chi connectivity index (χ2n) is 8.17. The second-order valence-corrected chi connectivity index (χ2v) is 8.17. The van der Waals surface area contributed by atoms with Crippen LogP contribution in [-0.2, 0) is 16.1 Å². The number of nitrogens with zero attached hydrogens (tertiary/aromatic N) is 1. The highest BCUT2D eigenvalue weighted by Crippen LogP contribution is 2.20. The lowest BCUT2D eigenvalue weighted by Gasteiger charge is -2.31. The van der Waals surface area contributed by atoms with Crippen LogP contribution in [0.25, 0.3) is 0 Å². The summed E-state index contributed by atoms with van der Waals surface area (Å²) in [5.41, 5.74) is 3.02. The van der Waals surface area contributed by atoms with Gasteiger partial charge in [0, 0.05) is 12.6 Å². The maximum atomic E-state index is 13.3. The number of carbonyl (C=O) groups is 2. The van der Waals surface area contributed by atoms with E-state index in [1.807, 2.05) is 77.1 Å². The summed E-state index contributed by atoms with van der Waals surface area (Å²) in [6.45, 7) is 10.0. The minimum absolute atomic E-state index is 0.0425. The predicted octanol–water partition coefficient (Wildman–Crippen LogP) is 4.41. The fourth-order valence-electron chi connectivity index (χ4n) is 3.47. The number of nitrogens with one attached hydrogen (secondary N) is 1. The van der Waals surface area contributed by atoms with Gasteiger partial charge in [0.15, 0.2) is 6.61 Å². The molecule has 0 aliphatic carbocycles. The van der Waals surface area contributed by atoms with E-state index in [-0.39, 0.29) is 24.5 Å². The van der Waals surface area contributed by atoms with Gasteiger partial charge in [0.1, 0.15) is 17.5 Å². The van der Waals surface area contributed by atoms with Crippen LogP contribution in [0.4, 0.5) is 0 Å². The molecular formula is C26H36N2O4. The molecule has 0 bridgehead atoms. The highest BCUT2D eigenvalue weighted by Gasteiger charge is 2.29. The normalized spacial score (nSPS) is 12.6. The molecule has 0 saturated heterocycles. The third-order valence-electron chi connectivity index (χ3n) is 5.58. The SMILES string of the molecule is CC[C@@H](C)NC(=O)[C@H](CC)N(Cc1ccc(OC)cc1)C(=O)COc1ccc(C)cc1C. The van der Waals surface area contributed by atoms with Crippen LogP contribution < -0.4 is 14.8 Å². The van der Waals surface area contributed by atoms with Gasteiger partial charge in [0.05, 0.1) is 7.11 Å². The standard InChI is InChI=1S/C26H36N2O4/c1-7-20(5)27-26(30)23(8-2)28(16-21-10-12-22(31-6)13-11-21)25(29)17-32-24-14-9-18(3)15-19(24)4/h9-15,20,23H,7-8,16-17H2,1-6H3,(H,27,30)/t20-,23+/m1/s1. The van der Waals surface area contributed by atoms with Gasteiger partial charge in [-0.1, -0.05) is 43.7 Å². The van der Waals surface area contributed by atoms with E-state index >= 15 is 0 Å². The molecule has 174 valence electrons. The van der Waals surface area contributed by atoms with Crippen molar-refractivity contribution in [3.05, 3.63) is 59.2 Å². The molecule has 0 aliphatic rings. The van der Waals surface area contributed by atoms with Crippen molar-refractivity contribution in [1.82, 2.24) is 10.2 Å². The molecule has 2 rings (SSSR count). The number of ether oxygens (including phenoxy) is 2. The van der Waals surface area contributed by atoms with Crippen molar-refractivity contribution in [2.24, 2.45) is 0 Å². The molecule has 0 radical (unpaired) electrons. The average molecular weight is 441 g/mol. The number of rotatable bonds is 11. The van der Waals surface area contributed by atoms with Crippen LogP contribution >= 0.6 is 0 Å². The van der Waals surface area contributed by atoms with Gasteiger partial charge in [-0.25, -0.2) is 0 Å². The lowest BCUT2D eigenvalue weighted by molar-refractivity contribution is -0.143. The molecule has 0 aliphatic heterocycles. The van der Waals surface area contributed by atoms with Crippen molar-refractivity contribution < 1.29 is 19.1 Å². The van der Waals surface area contributed by atoms with Gasteiger partial charge in [-0.2, -0.15) is 0 Å². The molecule has 6 nitrogen and oxygen atoms in total. The van der Waals surface area contributed by atoms with E-state index in [9.17, 15) is 9.59 Å². The zero-order valence-electron chi connectivity index (χ0n) is 20.1. The van der Waals surface area contributed by atoms with Crippen LogP contribution in [0.3, 0.4) is 0 Å². The number of hydrogen-bond donors (Lipinski definition) is 1. The zero-order chi connectivity index (χ0) is 23.7. The quantitative estimate of drug-likeness (QED) is 0.562. The van der Waals surface area contributed by atoms with Crippen LogP contribution in [-0.4, -0.2) is 42.5 Å². The van der Waals surface area contributed by atoms with E-state index < -0.39 is 6.04 Å². The summed E-state index contributed by atoms with van der Waals surface area (Å²) in [6.07, 6.45) is 1.33. The van der Waals surface area contributed by atoms with Gasteiger partial charge in [-0.05, 0) is 62.9 Å². The first-order chi connectivity index (χ1) is 15.3. The van der Waals surface area contributed by atoms with Crippen molar-refractivity contribution in [2.75, 3.05) is 13.7 Å². The highest BCUT2D eigenvalue weighted by molar-refractivity contribution is 5.88. The van der Waals surface area contributed by atoms with E-state index in [1.54, 1.807) is 12.0 Å². The van der Waals surface area contributed by atoms with E-state index in [2.05, 4.69) is 5.32 Å². The fourth-order valence-corrected chi connectivity index (χ4v) is 3.47. The summed E-state index contributed by atoms with van der Waals surface area (Å²) in [5, 5.41) is 3.02. The Hall–Kier alpha value is -3.02. The summed E-state index contributed by atoms with van der Waals surface area (Å²) in [6, 6.07) is 12.8. The first-order valence-electron chi connectivity index (χ1n) is 11.2. The molecule has 1 N–H and O–H groups in total. The molecule has 2 amide bonds. The Kier molecular flexibility index (Phi) is 9.57. The average Bonchev–Trinajstić information content (AvgIpc) is 2.78. The molecular weight excluding hydrogens is 404 g/mol. The molecule has 0 heterocycles. The molecule has 0 saturated carbocycles. The Labute approximate surface area is 191 Å². The Morgan fingerprint density at radius 1 is 1.03 bits per heavy atom. The molecule has 0 spiro atoms. The third-order valence-corrected chi connectivity index (χ3v) is 5.58. The summed E-state index contributed by atoms with van der Waals surface area (Å²) in [5.74, 6) is 1.04. The zero-order valence-corrected chi connectivity index (χ0v) is 20.1. The maximum Gasteiger partial charge on any atom is 0.261 e. The Balaban J connectivity index is 2.23. The van der Waals surface area contributed by atoms with Crippen molar-refractivity contribution in [2.45, 2.75) is 66.1 Å². The van der Waals surface area contributed by atoms with E-state index in [0.29, 0.717) is 18.7 Å². The lowest BCUT2D eigenvalue weighted by Crippen LogP contribution is -2.51. The minimum atomic E-state index is -0.582. The number of carbonyl (C=O) groups excluding carboxylic acids is 2. The largest absolute Gasteiger partial charge is 0.497 e. The van der Waals surface area contributed by atoms with E-state index in [0.717, 1.165) is 28.9 Å². The monoisotopic (exact) mass is 440 g/mol. The molecule has 32 heavy (non-hydrogen) atoms. The van der Waals surface area contributed by atoms with Gasteiger partial charge >= 0.3 is 0 Å². The molecule has 0 aromatic heterocycles. The first kappa shape index (κ1) is 25.2. The van der Waals surface area contributed by atoms with Crippen LogP contribution in [0.5, 0.6) is 11.5 Å². The van der Waals surface area contributed by atoms with Gasteiger partial charge < -0.3 is 19.7 Å². The summed E-state index contributed by atoms with van der Waals surface area (Å²) >= 11 is 0. The third kappa shape index (κ3) is 7.01. The Morgan fingerprint density at radius 2 is 1.72 bits per heavy atom. The smallest absolute Gasteiger partial charge is 0.261 e. The number of aryl methyl sites for hydroxylation is 2. The lowest BCUT2D eigenvalue weighted by atomic mass is 10.1. The molecule has 6 heteroatoms. The molecule has 2 aromatic carbocycles. The Bertz CT molecular complexity index is 895. The van der Waals surface area contributed by atoms with Crippen molar-refractivity contribution in [3.8, 4) is 11.5 Å². The van der Waals surface area contributed by atoms with Crippen molar-refractivity contribution in [1.29, 1.82) is 0 Å². The van der Waals surface area contributed by atoms with Gasteiger partial charge in [0.2, 0.25) is 5.91 Å². The topological polar surface area (TPSA) is 67.9 Å². The van der Waals surface area contributed by atoms with E-state index in [4.69, 9.17) is 9.47 Å². The number of amides is 2. The number of methoxy groups -OCH3 is 1. The van der Waals surface area contributed by atoms with Gasteiger partial charge in [-0.3, -0.25) is 9.59 Å². The molecule has 2 atom stereocenters. The van der Waals surface area contributed by atoms with Gasteiger partial charge in [-0.15, -0.1) is 0 Å². The first-order valence-corrected chi connectivity index (χ1v) is 11.2. The predicted molar refractivity (Wildman–Crippen MR) is 127 cm³/mol. The van der Waals surface area contributed by atoms with Crippen LogP contribution in [0.15, 0.2) is 42.5 Å².